The van der Waals surface area contributed by atoms with Crippen LogP contribution in [0, 0.1) is 23.7 Å². The molecule has 2 aromatic carbocycles. The van der Waals surface area contributed by atoms with Gasteiger partial charge in [-0.15, -0.1) is 0 Å². The van der Waals surface area contributed by atoms with Gasteiger partial charge in [0.1, 0.15) is 11.5 Å². The van der Waals surface area contributed by atoms with Crippen LogP contribution in [0.1, 0.15) is 23.1 Å². The highest BCUT2D eigenvalue weighted by Crippen LogP contribution is 2.34. The number of hydrogen-bond donors (Lipinski definition) is 1. The van der Waals surface area contributed by atoms with Crippen LogP contribution in [0.25, 0.3) is 0 Å². The summed E-state index contributed by atoms with van der Waals surface area (Å²) in [6.07, 6.45) is 0.397. The topological polar surface area (TPSA) is 57.2 Å². The van der Waals surface area contributed by atoms with E-state index in [1.54, 1.807) is 20.3 Å². The lowest BCUT2D eigenvalue weighted by Crippen LogP contribution is -1.92. The zero-order valence-electron chi connectivity index (χ0n) is 14.6. The lowest BCUT2D eigenvalue weighted by atomic mass is 10.1. The van der Waals surface area contributed by atoms with Gasteiger partial charge in [0.05, 0.1) is 20.8 Å². The Morgan fingerprint density at radius 1 is 0.885 bits per heavy atom. The van der Waals surface area contributed by atoms with Crippen molar-refractivity contribution in [1.29, 1.82) is 0 Å². The molecule has 26 heavy (non-hydrogen) atoms. The maximum Gasteiger partial charge on any atom is 0.231 e. The normalized spacial score (nSPS) is 11.0. The van der Waals surface area contributed by atoms with Crippen molar-refractivity contribution in [2.45, 2.75) is 6.42 Å². The van der Waals surface area contributed by atoms with Crippen LogP contribution in [0.5, 0.6) is 23.0 Å². The smallest absolute Gasteiger partial charge is 0.231 e. The quantitative estimate of drug-likeness (QED) is 0.863. The Morgan fingerprint density at radius 2 is 1.50 bits per heavy atom. The highest BCUT2D eigenvalue weighted by Gasteiger charge is 2.15. The first-order valence-corrected chi connectivity index (χ1v) is 8.02. The molecule has 1 heterocycles. The van der Waals surface area contributed by atoms with Gasteiger partial charge in [0, 0.05) is 41.3 Å². The van der Waals surface area contributed by atoms with Gasteiger partial charge in [-0.2, -0.15) is 0 Å². The van der Waals surface area contributed by atoms with Gasteiger partial charge in [-0.05, 0) is 12.1 Å². The Kier molecular flexibility index (Phi) is 5.53. The fourth-order valence-electron chi connectivity index (χ4n) is 2.38. The minimum atomic E-state index is 0.0160. The molecule has 0 amide bonds. The van der Waals surface area contributed by atoms with E-state index in [-0.39, 0.29) is 13.4 Å². The zero-order chi connectivity index (χ0) is 18.4. The van der Waals surface area contributed by atoms with Crippen LogP contribution in [0.2, 0.25) is 0 Å². The summed E-state index contributed by atoms with van der Waals surface area (Å²) in [6, 6.07) is 9.08. The summed E-state index contributed by atoms with van der Waals surface area (Å²) < 4.78 is 21.4. The van der Waals surface area contributed by atoms with E-state index in [2.05, 4.69) is 23.7 Å². The third-order valence-corrected chi connectivity index (χ3v) is 3.67. The first-order chi connectivity index (χ1) is 12.7. The third-order valence-electron chi connectivity index (χ3n) is 3.67. The van der Waals surface area contributed by atoms with Crippen LogP contribution >= 0.6 is 0 Å². The average Bonchev–Trinajstić information content (AvgIpc) is 3.13. The Bertz CT molecular complexity index is 903. The lowest BCUT2D eigenvalue weighted by molar-refractivity contribution is 0.174. The summed E-state index contributed by atoms with van der Waals surface area (Å²) in [5.41, 5.74) is 2.21. The van der Waals surface area contributed by atoms with Crippen molar-refractivity contribution in [3.63, 3.8) is 0 Å². The molecule has 0 radical (unpaired) electrons. The van der Waals surface area contributed by atoms with Crippen LogP contribution in [0.15, 0.2) is 30.3 Å². The summed E-state index contributed by atoms with van der Waals surface area (Å²) in [6.45, 7) is 0.199. The molecule has 0 fully saturated rings. The number of hydrogen-bond acceptors (Lipinski definition) is 5. The fraction of sp³-hybridized carbons (Fsp3) is 0.238. The molecule has 0 saturated heterocycles. The Labute approximate surface area is 152 Å². The summed E-state index contributed by atoms with van der Waals surface area (Å²) in [5, 5.41) is 8.92. The van der Waals surface area contributed by atoms with Gasteiger partial charge in [0.15, 0.2) is 11.5 Å². The van der Waals surface area contributed by atoms with Gasteiger partial charge >= 0.3 is 0 Å². The van der Waals surface area contributed by atoms with Gasteiger partial charge in [-0.1, -0.05) is 23.7 Å². The van der Waals surface area contributed by atoms with Gasteiger partial charge in [0.25, 0.3) is 0 Å². The largest absolute Gasteiger partial charge is 0.497 e. The summed E-state index contributed by atoms with van der Waals surface area (Å²) in [4.78, 5) is 0. The molecule has 0 bridgehead atoms. The second-order valence-electron chi connectivity index (χ2n) is 5.38. The number of aliphatic hydroxyl groups excluding tert-OH is 1. The molecular formula is C21H18O5. The first-order valence-electron chi connectivity index (χ1n) is 8.02. The molecular weight excluding hydrogens is 332 g/mol. The highest BCUT2D eigenvalue weighted by molar-refractivity contribution is 5.60. The van der Waals surface area contributed by atoms with Crippen LogP contribution in [0.4, 0.5) is 0 Å². The van der Waals surface area contributed by atoms with Crippen molar-refractivity contribution >= 4 is 0 Å². The molecule has 5 heteroatoms. The molecule has 5 nitrogen and oxygen atoms in total. The van der Waals surface area contributed by atoms with E-state index in [0.29, 0.717) is 29.4 Å². The van der Waals surface area contributed by atoms with Crippen molar-refractivity contribution in [3.05, 3.63) is 47.0 Å². The van der Waals surface area contributed by atoms with Gasteiger partial charge in [-0.3, -0.25) is 0 Å². The molecule has 1 aliphatic rings. The lowest BCUT2D eigenvalue weighted by Gasteiger charge is -2.05. The molecule has 1 N–H and O–H groups in total. The molecule has 132 valence electrons. The molecule has 3 rings (SSSR count). The molecule has 2 aromatic rings. The van der Waals surface area contributed by atoms with Crippen molar-refractivity contribution in [2.75, 3.05) is 27.6 Å². The predicted molar refractivity (Wildman–Crippen MR) is 96.7 cm³/mol. The van der Waals surface area contributed by atoms with E-state index >= 15 is 0 Å². The van der Waals surface area contributed by atoms with Crippen molar-refractivity contribution in [3.8, 4) is 46.7 Å². The molecule has 0 saturated carbocycles. The fourth-order valence-corrected chi connectivity index (χ4v) is 2.38. The van der Waals surface area contributed by atoms with E-state index in [4.69, 9.17) is 24.1 Å². The SMILES string of the molecule is COc1cc(C#Cc2cc3c(cc2C#CCCO)OCO3)cc(OC)c1. The number of benzene rings is 2. The number of fused-ring (bicyclic) bond motifs is 1. The minimum Gasteiger partial charge on any atom is -0.497 e. The number of methoxy groups -OCH3 is 2. The maximum atomic E-state index is 8.92. The summed E-state index contributed by atoms with van der Waals surface area (Å²) in [7, 11) is 3.19. The molecule has 1 aliphatic heterocycles. The first kappa shape index (κ1) is 17.5. The molecule has 0 atom stereocenters. The van der Waals surface area contributed by atoms with E-state index in [1.165, 1.54) is 0 Å². The monoisotopic (exact) mass is 350 g/mol. The molecule has 0 aliphatic carbocycles. The van der Waals surface area contributed by atoms with E-state index in [9.17, 15) is 0 Å². The maximum absolute atomic E-state index is 8.92. The second-order valence-corrected chi connectivity index (χ2v) is 5.38. The zero-order valence-corrected chi connectivity index (χ0v) is 14.6. The number of ether oxygens (including phenoxy) is 4. The second kappa shape index (κ2) is 8.20. The Hall–Kier alpha value is -3.28. The van der Waals surface area contributed by atoms with Crippen LogP contribution < -0.4 is 18.9 Å². The molecule has 0 aromatic heterocycles. The standard InChI is InChI=1S/C21H18O5/c1-23-18-9-15(10-19(13-18)24-2)6-7-17-12-21-20(25-14-26-21)11-16(17)5-3-4-8-22/h9-13,22H,4,8,14H2,1-2H3. The van der Waals surface area contributed by atoms with Crippen LogP contribution in [-0.2, 0) is 0 Å². The minimum absolute atomic E-state index is 0.0160. The summed E-state index contributed by atoms with van der Waals surface area (Å²) in [5.74, 6) is 14.8. The number of aliphatic hydroxyl groups is 1. The van der Waals surface area contributed by atoms with Crippen molar-refractivity contribution < 1.29 is 24.1 Å². The van der Waals surface area contributed by atoms with E-state index in [1.807, 2.05) is 24.3 Å². The van der Waals surface area contributed by atoms with Crippen LogP contribution in [0.3, 0.4) is 0 Å². The van der Waals surface area contributed by atoms with Crippen LogP contribution in [-0.4, -0.2) is 32.7 Å². The Morgan fingerprint density at radius 3 is 2.08 bits per heavy atom. The van der Waals surface area contributed by atoms with Gasteiger partial charge < -0.3 is 24.1 Å². The predicted octanol–water partition coefficient (Wildman–Crippen LogP) is 2.57. The third kappa shape index (κ3) is 4.03. The van der Waals surface area contributed by atoms with E-state index in [0.717, 1.165) is 16.7 Å². The van der Waals surface area contributed by atoms with E-state index < -0.39 is 0 Å². The van der Waals surface area contributed by atoms with Crippen molar-refractivity contribution in [1.82, 2.24) is 0 Å². The van der Waals surface area contributed by atoms with Crippen molar-refractivity contribution in [2.24, 2.45) is 0 Å². The highest BCUT2D eigenvalue weighted by atomic mass is 16.7. The van der Waals surface area contributed by atoms with Gasteiger partial charge in [-0.25, -0.2) is 0 Å². The Balaban J connectivity index is 2.00. The van der Waals surface area contributed by atoms with Gasteiger partial charge in [0.2, 0.25) is 6.79 Å². The average molecular weight is 350 g/mol. The summed E-state index contributed by atoms with van der Waals surface area (Å²) >= 11 is 0. The number of rotatable bonds is 3. The molecule has 0 unspecified atom stereocenters. The molecule has 0 spiro atoms.